The van der Waals surface area contributed by atoms with Gasteiger partial charge in [-0.2, -0.15) is 4.89 Å². The Labute approximate surface area is 80.3 Å². The molecule has 0 heterocycles. The van der Waals surface area contributed by atoms with Crippen LogP contribution in [-0.4, -0.2) is 12.6 Å². The minimum absolute atomic E-state index is 0.0365. The van der Waals surface area contributed by atoms with Crippen LogP contribution < -0.4 is 0 Å². The van der Waals surface area contributed by atoms with Crippen molar-refractivity contribution in [1.82, 2.24) is 0 Å². The average molecular weight is 188 g/mol. The Hall–Kier alpha value is -0.570. The lowest BCUT2D eigenvalue weighted by Crippen LogP contribution is -2.15. The third-order valence-corrected chi connectivity index (χ3v) is 1.41. The van der Waals surface area contributed by atoms with Gasteiger partial charge in [0.2, 0.25) is 0 Å². The summed E-state index contributed by atoms with van der Waals surface area (Å²) in [6, 6.07) is 0. The summed E-state index contributed by atoms with van der Waals surface area (Å²) in [4.78, 5) is 20.4. The van der Waals surface area contributed by atoms with Gasteiger partial charge in [-0.1, -0.05) is 34.1 Å². The third-order valence-electron chi connectivity index (χ3n) is 1.41. The van der Waals surface area contributed by atoms with Gasteiger partial charge in [-0.05, 0) is 11.8 Å². The standard InChI is InChI=1S/C10H20O3/c1-5-6-7-12-13-9(11)8-10(2,3)4/h5-8H2,1-4H3. The highest BCUT2D eigenvalue weighted by Gasteiger charge is 2.17. The van der Waals surface area contributed by atoms with Crippen molar-refractivity contribution >= 4 is 5.97 Å². The van der Waals surface area contributed by atoms with E-state index in [9.17, 15) is 4.79 Å². The monoisotopic (exact) mass is 188 g/mol. The predicted molar refractivity (Wildman–Crippen MR) is 51.0 cm³/mol. The Balaban J connectivity index is 3.41. The summed E-state index contributed by atoms with van der Waals surface area (Å²) < 4.78 is 0. The van der Waals surface area contributed by atoms with Crippen molar-refractivity contribution in [3.05, 3.63) is 0 Å². The molecule has 0 spiro atoms. The number of carbonyl (C=O) groups is 1. The van der Waals surface area contributed by atoms with Gasteiger partial charge in [-0.25, -0.2) is 4.79 Å². The molecule has 78 valence electrons. The summed E-state index contributed by atoms with van der Waals surface area (Å²) >= 11 is 0. The summed E-state index contributed by atoms with van der Waals surface area (Å²) in [6.45, 7) is 8.51. The molecule has 0 N–H and O–H groups in total. The van der Waals surface area contributed by atoms with Crippen molar-refractivity contribution in [2.75, 3.05) is 6.61 Å². The Morgan fingerprint density at radius 2 is 1.92 bits per heavy atom. The largest absolute Gasteiger partial charge is 0.342 e. The van der Waals surface area contributed by atoms with Crippen LogP contribution in [0, 0.1) is 5.41 Å². The van der Waals surface area contributed by atoms with E-state index < -0.39 is 0 Å². The molecule has 0 saturated heterocycles. The molecule has 0 fully saturated rings. The number of hydrogen-bond acceptors (Lipinski definition) is 3. The summed E-state index contributed by atoms with van der Waals surface area (Å²) in [5.41, 5.74) is -0.0365. The second kappa shape index (κ2) is 5.97. The lowest BCUT2D eigenvalue weighted by Gasteiger charge is -2.15. The normalized spacial score (nSPS) is 11.4. The van der Waals surface area contributed by atoms with Gasteiger partial charge in [0.1, 0.15) is 0 Å². The third kappa shape index (κ3) is 9.34. The number of carbonyl (C=O) groups excluding carboxylic acids is 1. The second-order valence-corrected chi connectivity index (χ2v) is 4.37. The molecule has 0 aromatic rings. The van der Waals surface area contributed by atoms with Crippen molar-refractivity contribution in [2.45, 2.75) is 47.0 Å². The Morgan fingerprint density at radius 3 is 2.38 bits per heavy atom. The maximum absolute atomic E-state index is 11.1. The molecule has 0 rings (SSSR count). The molecule has 0 aliphatic heterocycles. The second-order valence-electron chi connectivity index (χ2n) is 4.37. The van der Waals surface area contributed by atoms with Gasteiger partial charge < -0.3 is 0 Å². The van der Waals surface area contributed by atoms with Crippen LogP contribution in [0.25, 0.3) is 0 Å². The van der Waals surface area contributed by atoms with Crippen LogP contribution in [0.3, 0.4) is 0 Å². The van der Waals surface area contributed by atoms with Gasteiger partial charge in [0, 0.05) is 0 Å². The van der Waals surface area contributed by atoms with E-state index in [1.165, 1.54) is 0 Å². The van der Waals surface area contributed by atoms with Crippen molar-refractivity contribution < 1.29 is 14.6 Å². The molecule has 13 heavy (non-hydrogen) atoms. The highest BCUT2D eigenvalue weighted by Crippen LogP contribution is 2.18. The van der Waals surface area contributed by atoms with E-state index >= 15 is 0 Å². The van der Waals surface area contributed by atoms with E-state index in [1.54, 1.807) is 0 Å². The molecule has 0 aromatic heterocycles. The van der Waals surface area contributed by atoms with Crippen LogP contribution in [0.15, 0.2) is 0 Å². The first-order chi connectivity index (χ1) is 5.95. The fourth-order valence-electron chi connectivity index (χ4n) is 0.773. The minimum Gasteiger partial charge on any atom is -0.298 e. The molecule has 0 atom stereocenters. The van der Waals surface area contributed by atoms with Crippen LogP contribution in [0.1, 0.15) is 47.0 Å². The lowest BCUT2D eigenvalue weighted by molar-refractivity contribution is -0.274. The van der Waals surface area contributed by atoms with Crippen LogP contribution in [0.2, 0.25) is 0 Å². The first kappa shape index (κ1) is 12.4. The van der Waals surface area contributed by atoms with Gasteiger partial charge in [0.15, 0.2) is 0 Å². The summed E-state index contributed by atoms with van der Waals surface area (Å²) in [5, 5.41) is 0. The molecule has 0 aliphatic rings. The van der Waals surface area contributed by atoms with Crippen molar-refractivity contribution in [1.29, 1.82) is 0 Å². The molecule has 0 bridgehead atoms. The zero-order valence-corrected chi connectivity index (χ0v) is 9.05. The summed E-state index contributed by atoms with van der Waals surface area (Å²) in [5.74, 6) is -0.288. The number of rotatable bonds is 5. The first-order valence-electron chi connectivity index (χ1n) is 4.78. The van der Waals surface area contributed by atoms with E-state index in [0.717, 1.165) is 12.8 Å². The van der Waals surface area contributed by atoms with Gasteiger partial charge in [-0.3, -0.25) is 4.89 Å². The number of hydrogen-bond donors (Lipinski definition) is 0. The van der Waals surface area contributed by atoms with Gasteiger partial charge in [0.25, 0.3) is 0 Å². The van der Waals surface area contributed by atoms with Gasteiger partial charge in [-0.15, -0.1) is 0 Å². The molecule has 3 heteroatoms. The molecule has 3 nitrogen and oxygen atoms in total. The quantitative estimate of drug-likeness (QED) is 0.378. The maximum atomic E-state index is 11.1. The highest BCUT2D eigenvalue weighted by atomic mass is 17.2. The zero-order valence-electron chi connectivity index (χ0n) is 9.05. The van der Waals surface area contributed by atoms with Crippen molar-refractivity contribution in [3.63, 3.8) is 0 Å². The Morgan fingerprint density at radius 1 is 1.31 bits per heavy atom. The summed E-state index contributed by atoms with van der Waals surface area (Å²) in [7, 11) is 0. The number of unbranched alkanes of at least 4 members (excludes halogenated alkanes) is 1. The fourth-order valence-corrected chi connectivity index (χ4v) is 0.773. The molecule has 0 aliphatic carbocycles. The molecule has 0 saturated carbocycles. The predicted octanol–water partition coefficient (Wildman–Crippen LogP) is 2.70. The minimum atomic E-state index is -0.288. The lowest BCUT2D eigenvalue weighted by atomic mass is 9.93. The molecule has 0 amide bonds. The molecular formula is C10H20O3. The first-order valence-corrected chi connectivity index (χ1v) is 4.78. The van der Waals surface area contributed by atoms with E-state index in [1.807, 2.05) is 20.8 Å². The highest BCUT2D eigenvalue weighted by molar-refractivity contribution is 5.69. The van der Waals surface area contributed by atoms with E-state index in [0.29, 0.717) is 13.0 Å². The molecule has 0 radical (unpaired) electrons. The Kier molecular flexibility index (Phi) is 5.71. The zero-order chi connectivity index (χ0) is 10.3. The van der Waals surface area contributed by atoms with Crippen LogP contribution in [-0.2, 0) is 14.6 Å². The van der Waals surface area contributed by atoms with E-state index in [-0.39, 0.29) is 11.4 Å². The van der Waals surface area contributed by atoms with E-state index in [4.69, 9.17) is 4.89 Å². The summed E-state index contributed by atoms with van der Waals surface area (Å²) in [6.07, 6.45) is 2.35. The molecular weight excluding hydrogens is 168 g/mol. The topological polar surface area (TPSA) is 35.5 Å². The van der Waals surface area contributed by atoms with Crippen molar-refractivity contribution in [3.8, 4) is 0 Å². The molecule has 0 aromatic carbocycles. The van der Waals surface area contributed by atoms with Gasteiger partial charge >= 0.3 is 5.97 Å². The van der Waals surface area contributed by atoms with E-state index in [2.05, 4.69) is 11.8 Å². The fraction of sp³-hybridized carbons (Fsp3) is 0.900. The van der Waals surface area contributed by atoms with Crippen LogP contribution >= 0.6 is 0 Å². The maximum Gasteiger partial charge on any atom is 0.342 e. The van der Waals surface area contributed by atoms with Gasteiger partial charge in [0.05, 0.1) is 13.0 Å². The van der Waals surface area contributed by atoms with Crippen LogP contribution in [0.5, 0.6) is 0 Å². The van der Waals surface area contributed by atoms with Crippen LogP contribution in [0.4, 0.5) is 0 Å². The smallest absolute Gasteiger partial charge is 0.298 e. The SMILES string of the molecule is CCCCOOC(=O)CC(C)(C)C. The molecule has 0 unspecified atom stereocenters. The average Bonchev–Trinajstić information content (AvgIpc) is 1.94. The van der Waals surface area contributed by atoms with Crippen molar-refractivity contribution in [2.24, 2.45) is 5.41 Å². The Bertz CT molecular complexity index is 147.